The summed E-state index contributed by atoms with van der Waals surface area (Å²) < 4.78 is 52.9. The zero-order valence-electron chi connectivity index (χ0n) is 13.4. The van der Waals surface area contributed by atoms with Crippen LogP contribution >= 0.6 is 12.4 Å². The van der Waals surface area contributed by atoms with Crippen molar-refractivity contribution in [3.8, 4) is 0 Å². The number of hydrogen-bond donors (Lipinski definition) is 2. The molecule has 1 aromatic rings. The molecular formula is C13H24ClN3O4S2. The maximum atomic E-state index is 12.4. The van der Waals surface area contributed by atoms with E-state index >= 15 is 0 Å². The normalized spacial score (nSPS) is 12.2. The van der Waals surface area contributed by atoms with Crippen molar-refractivity contribution in [1.29, 1.82) is 0 Å². The molecule has 134 valence electrons. The molecule has 0 bridgehead atoms. The molecule has 23 heavy (non-hydrogen) atoms. The minimum absolute atomic E-state index is 0. The van der Waals surface area contributed by atoms with E-state index in [2.05, 4.69) is 10.0 Å². The van der Waals surface area contributed by atoms with Crippen LogP contribution in [0.1, 0.15) is 13.8 Å². The number of sulfonamides is 2. The lowest BCUT2D eigenvalue weighted by Gasteiger charge is -2.18. The number of benzene rings is 1. The van der Waals surface area contributed by atoms with Crippen molar-refractivity contribution in [2.45, 2.75) is 23.6 Å². The minimum Gasteiger partial charge on any atom is -0.318 e. The smallest absolute Gasteiger partial charge is 0.243 e. The molecule has 0 saturated carbocycles. The molecule has 0 spiro atoms. The number of nitrogens with one attached hydrogen (secondary N) is 2. The Morgan fingerprint density at radius 2 is 1.57 bits per heavy atom. The summed E-state index contributed by atoms with van der Waals surface area (Å²) in [7, 11) is -5.69. The van der Waals surface area contributed by atoms with E-state index in [1.807, 2.05) is 0 Å². The number of likely N-dealkylation sites (N-methyl/N-ethyl adjacent to an activating group) is 1. The molecule has 0 heterocycles. The Morgan fingerprint density at radius 3 is 2.09 bits per heavy atom. The molecule has 0 radical (unpaired) electrons. The van der Waals surface area contributed by atoms with Crippen LogP contribution in [0, 0.1) is 0 Å². The zero-order valence-corrected chi connectivity index (χ0v) is 15.9. The molecule has 0 aliphatic rings. The summed E-state index contributed by atoms with van der Waals surface area (Å²) in [6.07, 6.45) is 0. The Kier molecular flexibility index (Phi) is 9.26. The molecule has 7 nitrogen and oxygen atoms in total. The third kappa shape index (κ3) is 5.70. The summed E-state index contributed by atoms with van der Waals surface area (Å²) in [4.78, 5) is -0.0791. The Labute approximate surface area is 145 Å². The molecule has 0 amide bonds. The fraction of sp³-hybridized carbons (Fsp3) is 0.538. The van der Waals surface area contributed by atoms with Crippen molar-refractivity contribution in [3.63, 3.8) is 0 Å². The Bertz CT molecular complexity index is 689. The van der Waals surface area contributed by atoms with E-state index in [4.69, 9.17) is 0 Å². The van der Waals surface area contributed by atoms with Gasteiger partial charge in [-0.3, -0.25) is 0 Å². The highest BCUT2D eigenvalue weighted by atomic mass is 35.5. The van der Waals surface area contributed by atoms with Gasteiger partial charge in [0.15, 0.2) is 0 Å². The van der Waals surface area contributed by atoms with E-state index < -0.39 is 20.0 Å². The third-order valence-corrected chi connectivity index (χ3v) is 6.63. The number of rotatable bonds is 9. The molecule has 2 N–H and O–H groups in total. The van der Waals surface area contributed by atoms with Crippen molar-refractivity contribution < 1.29 is 16.8 Å². The molecule has 1 rings (SSSR count). The second kappa shape index (κ2) is 9.55. The second-order valence-corrected chi connectivity index (χ2v) is 8.27. The first kappa shape index (κ1) is 22.3. The predicted octanol–water partition coefficient (Wildman–Crippen LogP) is 0.637. The van der Waals surface area contributed by atoms with Crippen molar-refractivity contribution >= 4 is 32.5 Å². The van der Waals surface area contributed by atoms with Crippen LogP contribution in [-0.2, 0) is 20.0 Å². The average molecular weight is 386 g/mol. The highest BCUT2D eigenvalue weighted by molar-refractivity contribution is 7.90. The second-order valence-electron chi connectivity index (χ2n) is 4.57. The molecule has 0 saturated heterocycles. The third-order valence-electron chi connectivity index (χ3n) is 3.13. The maximum Gasteiger partial charge on any atom is 0.243 e. The minimum atomic E-state index is -3.73. The summed E-state index contributed by atoms with van der Waals surface area (Å²) in [6.45, 7) is 4.84. The summed E-state index contributed by atoms with van der Waals surface area (Å²) in [5, 5.41) is 2.83. The van der Waals surface area contributed by atoms with Gasteiger partial charge >= 0.3 is 0 Å². The topological polar surface area (TPSA) is 95.6 Å². The van der Waals surface area contributed by atoms with Crippen molar-refractivity contribution in [1.82, 2.24) is 14.3 Å². The summed E-state index contributed by atoms with van der Waals surface area (Å²) in [6, 6.07) is 5.40. The molecule has 0 aliphatic carbocycles. The lowest BCUT2D eigenvalue weighted by molar-refractivity contribution is 0.445. The van der Waals surface area contributed by atoms with Gasteiger partial charge < -0.3 is 5.32 Å². The van der Waals surface area contributed by atoms with Gasteiger partial charge in [-0.2, -0.15) is 4.31 Å². The summed E-state index contributed by atoms with van der Waals surface area (Å²) in [5.74, 6) is 0. The molecule has 0 aromatic heterocycles. The van der Waals surface area contributed by atoms with Crippen LogP contribution in [0.15, 0.2) is 34.1 Å². The van der Waals surface area contributed by atoms with Gasteiger partial charge in [0.1, 0.15) is 0 Å². The van der Waals surface area contributed by atoms with Crippen LogP contribution < -0.4 is 10.0 Å². The van der Waals surface area contributed by atoms with Crippen LogP contribution in [0.25, 0.3) is 0 Å². The van der Waals surface area contributed by atoms with Crippen LogP contribution in [-0.4, -0.2) is 54.4 Å². The largest absolute Gasteiger partial charge is 0.318 e. The SMILES string of the molecule is CCN(CC)S(=O)(=O)c1cccc(S(=O)(=O)NCCNC)c1.Cl. The summed E-state index contributed by atoms with van der Waals surface area (Å²) in [5.41, 5.74) is 0. The van der Waals surface area contributed by atoms with Gasteiger partial charge in [-0.15, -0.1) is 12.4 Å². The monoisotopic (exact) mass is 385 g/mol. The fourth-order valence-electron chi connectivity index (χ4n) is 1.91. The first-order chi connectivity index (χ1) is 10.3. The molecule has 0 unspecified atom stereocenters. The lowest BCUT2D eigenvalue weighted by atomic mass is 10.4. The van der Waals surface area contributed by atoms with E-state index in [1.165, 1.54) is 28.6 Å². The predicted molar refractivity (Wildman–Crippen MR) is 92.9 cm³/mol. The van der Waals surface area contributed by atoms with Gasteiger partial charge in [0.05, 0.1) is 9.79 Å². The van der Waals surface area contributed by atoms with Crippen LogP contribution in [0.2, 0.25) is 0 Å². The number of hydrogen-bond acceptors (Lipinski definition) is 5. The van der Waals surface area contributed by atoms with Crippen LogP contribution in [0.3, 0.4) is 0 Å². The first-order valence-electron chi connectivity index (χ1n) is 7.04. The van der Waals surface area contributed by atoms with E-state index in [9.17, 15) is 16.8 Å². The highest BCUT2D eigenvalue weighted by Gasteiger charge is 2.23. The summed E-state index contributed by atoms with van der Waals surface area (Å²) >= 11 is 0. The van der Waals surface area contributed by atoms with E-state index in [0.717, 1.165) is 0 Å². The molecule has 1 aromatic carbocycles. The standard InChI is InChI=1S/C13H23N3O4S2.ClH/c1-4-16(5-2)22(19,20)13-8-6-7-12(11-13)21(17,18)15-10-9-14-3;/h6-8,11,14-15H,4-5,9-10H2,1-3H3;1H. The lowest BCUT2D eigenvalue weighted by Crippen LogP contribution is -2.32. The Balaban J connectivity index is 0.00000484. The fourth-order valence-corrected chi connectivity index (χ4v) is 4.56. The highest BCUT2D eigenvalue weighted by Crippen LogP contribution is 2.19. The van der Waals surface area contributed by atoms with Gasteiger partial charge in [0, 0.05) is 26.2 Å². The number of nitrogens with zero attached hydrogens (tertiary/aromatic N) is 1. The van der Waals surface area contributed by atoms with Crippen LogP contribution in [0.5, 0.6) is 0 Å². The molecular weight excluding hydrogens is 362 g/mol. The van der Waals surface area contributed by atoms with Gasteiger partial charge in [0.25, 0.3) is 0 Å². The number of halogens is 1. The molecule has 0 atom stereocenters. The zero-order chi connectivity index (χ0) is 16.8. The van der Waals surface area contributed by atoms with Crippen molar-refractivity contribution in [2.75, 3.05) is 33.2 Å². The van der Waals surface area contributed by atoms with E-state index in [-0.39, 0.29) is 28.7 Å². The van der Waals surface area contributed by atoms with Gasteiger partial charge in [-0.1, -0.05) is 19.9 Å². The Hall–Kier alpha value is -0.710. The van der Waals surface area contributed by atoms with Gasteiger partial charge in [0.2, 0.25) is 20.0 Å². The van der Waals surface area contributed by atoms with Gasteiger partial charge in [-0.05, 0) is 25.2 Å². The molecule has 10 heteroatoms. The average Bonchev–Trinajstić information content (AvgIpc) is 2.48. The van der Waals surface area contributed by atoms with Crippen LogP contribution in [0.4, 0.5) is 0 Å². The van der Waals surface area contributed by atoms with Gasteiger partial charge in [-0.25, -0.2) is 21.6 Å². The van der Waals surface area contributed by atoms with Crippen molar-refractivity contribution in [3.05, 3.63) is 24.3 Å². The molecule has 0 aliphatic heterocycles. The maximum absolute atomic E-state index is 12.4. The quantitative estimate of drug-likeness (QED) is 0.608. The Morgan fingerprint density at radius 1 is 1.00 bits per heavy atom. The van der Waals surface area contributed by atoms with Crippen molar-refractivity contribution in [2.24, 2.45) is 0 Å². The van der Waals surface area contributed by atoms with E-state index in [1.54, 1.807) is 20.9 Å². The molecule has 0 fully saturated rings. The van der Waals surface area contributed by atoms with E-state index in [0.29, 0.717) is 19.6 Å². The first-order valence-corrected chi connectivity index (χ1v) is 9.96.